The van der Waals surface area contributed by atoms with Gasteiger partial charge in [-0.25, -0.2) is 4.79 Å². The summed E-state index contributed by atoms with van der Waals surface area (Å²) in [6.45, 7) is 4.64. The van der Waals surface area contributed by atoms with Crippen molar-refractivity contribution >= 4 is 11.7 Å². The Labute approximate surface area is 155 Å². The largest absolute Gasteiger partial charge is 0.459 e. The van der Waals surface area contributed by atoms with Crippen molar-refractivity contribution in [2.75, 3.05) is 31.7 Å². The quantitative estimate of drug-likeness (QED) is 0.663. The van der Waals surface area contributed by atoms with E-state index in [1.807, 2.05) is 54.6 Å². The van der Waals surface area contributed by atoms with Crippen LogP contribution in [-0.2, 0) is 27.3 Å². The summed E-state index contributed by atoms with van der Waals surface area (Å²) in [6, 6.07) is 17.3. The number of ether oxygens (including phenoxy) is 2. The number of methoxy groups -OCH3 is 1. The normalized spacial score (nSPS) is 11.8. The highest BCUT2D eigenvalue weighted by Crippen LogP contribution is 2.16. The summed E-state index contributed by atoms with van der Waals surface area (Å²) in [7, 11) is 1.69. The summed E-state index contributed by atoms with van der Waals surface area (Å²) in [5.74, 6) is -0.604. The number of rotatable bonds is 10. The van der Waals surface area contributed by atoms with E-state index in [1.165, 1.54) is 0 Å². The van der Waals surface area contributed by atoms with Crippen LogP contribution >= 0.6 is 0 Å². The third-order valence-electron chi connectivity index (χ3n) is 4.17. The monoisotopic (exact) mass is 357 g/mol. The first-order valence-electron chi connectivity index (χ1n) is 8.85. The van der Waals surface area contributed by atoms with Crippen LogP contribution in [0, 0.1) is 0 Å². The number of benzene rings is 2. The third-order valence-corrected chi connectivity index (χ3v) is 4.17. The average molecular weight is 357 g/mol. The summed E-state index contributed by atoms with van der Waals surface area (Å²) >= 11 is 0. The van der Waals surface area contributed by atoms with E-state index in [-0.39, 0.29) is 13.0 Å². The maximum atomic E-state index is 12.0. The lowest BCUT2D eigenvalue weighted by molar-refractivity contribution is -0.154. The SMILES string of the molecule is CCN(CCOC)c1ccc(CC(O)C(=O)OCc2ccccc2)cc1. The highest BCUT2D eigenvalue weighted by Gasteiger charge is 2.17. The van der Waals surface area contributed by atoms with E-state index in [0.29, 0.717) is 6.61 Å². The number of hydrogen-bond donors (Lipinski definition) is 1. The van der Waals surface area contributed by atoms with Gasteiger partial charge in [-0.05, 0) is 30.2 Å². The van der Waals surface area contributed by atoms with Crippen molar-refractivity contribution in [1.29, 1.82) is 0 Å². The number of anilines is 1. The van der Waals surface area contributed by atoms with Gasteiger partial charge in [0.05, 0.1) is 6.61 Å². The number of aliphatic hydroxyl groups is 1. The van der Waals surface area contributed by atoms with Gasteiger partial charge in [0, 0.05) is 32.3 Å². The molecule has 0 fully saturated rings. The topological polar surface area (TPSA) is 59.0 Å². The fourth-order valence-electron chi connectivity index (χ4n) is 2.65. The van der Waals surface area contributed by atoms with Crippen molar-refractivity contribution in [1.82, 2.24) is 0 Å². The average Bonchev–Trinajstić information content (AvgIpc) is 2.68. The van der Waals surface area contributed by atoms with Crippen LogP contribution in [0.3, 0.4) is 0 Å². The maximum Gasteiger partial charge on any atom is 0.335 e. The van der Waals surface area contributed by atoms with Crippen LogP contribution in [0.2, 0.25) is 0 Å². The second-order valence-electron chi connectivity index (χ2n) is 6.05. The Hall–Kier alpha value is -2.37. The van der Waals surface area contributed by atoms with Crippen LogP contribution in [0.4, 0.5) is 5.69 Å². The minimum Gasteiger partial charge on any atom is -0.459 e. The molecule has 0 saturated carbocycles. The van der Waals surface area contributed by atoms with Gasteiger partial charge in [-0.3, -0.25) is 0 Å². The molecular weight excluding hydrogens is 330 g/mol. The first-order valence-corrected chi connectivity index (χ1v) is 8.85. The number of carbonyl (C=O) groups is 1. The zero-order valence-corrected chi connectivity index (χ0v) is 15.4. The molecule has 2 aromatic carbocycles. The van der Waals surface area contributed by atoms with E-state index in [4.69, 9.17) is 9.47 Å². The van der Waals surface area contributed by atoms with Crippen molar-refractivity contribution in [2.45, 2.75) is 26.1 Å². The number of hydrogen-bond acceptors (Lipinski definition) is 5. The first kappa shape index (κ1) is 19.9. The Kier molecular flexibility index (Phi) is 8.12. The van der Waals surface area contributed by atoms with Crippen LogP contribution in [-0.4, -0.2) is 44.0 Å². The molecule has 0 radical (unpaired) electrons. The standard InChI is InChI=1S/C21H27NO4/c1-3-22(13-14-25-2)19-11-9-17(10-12-19)15-20(23)21(24)26-16-18-7-5-4-6-8-18/h4-12,20,23H,3,13-16H2,1-2H3. The van der Waals surface area contributed by atoms with Gasteiger partial charge >= 0.3 is 5.97 Å². The van der Waals surface area contributed by atoms with Gasteiger partial charge in [0.1, 0.15) is 6.61 Å². The van der Waals surface area contributed by atoms with Crippen molar-refractivity contribution < 1.29 is 19.4 Å². The molecule has 5 nitrogen and oxygen atoms in total. The molecule has 0 amide bonds. The summed E-state index contributed by atoms with van der Waals surface area (Å²) < 4.78 is 10.3. The van der Waals surface area contributed by atoms with Crippen molar-refractivity contribution in [2.24, 2.45) is 0 Å². The molecule has 140 valence electrons. The molecular formula is C21H27NO4. The fraction of sp³-hybridized carbons (Fsp3) is 0.381. The molecule has 0 bridgehead atoms. The smallest absolute Gasteiger partial charge is 0.335 e. The zero-order valence-electron chi connectivity index (χ0n) is 15.4. The number of carbonyl (C=O) groups excluding carboxylic acids is 1. The fourth-order valence-corrected chi connectivity index (χ4v) is 2.65. The van der Waals surface area contributed by atoms with E-state index in [1.54, 1.807) is 7.11 Å². The molecule has 2 rings (SSSR count). The van der Waals surface area contributed by atoms with Gasteiger partial charge < -0.3 is 19.5 Å². The molecule has 0 spiro atoms. The highest BCUT2D eigenvalue weighted by atomic mass is 16.5. The Balaban J connectivity index is 1.86. The van der Waals surface area contributed by atoms with Crippen molar-refractivity contribution in [3.63, 3.8) is 0 Å². The summed E-state index contributed by atoms with van der Waals surface area (Å²) in [5, 5.41) is 10.1. The van der Waals surface area contributed by atoms with E-state index in [9.17, 15) is 9.90 Å². The van der Waals surface area contributed by atoms with Gasteiger partial charge in [-0.1, -0.05) is 42.5 Å². The van der Waals surface area contributed by atoms with Crippen LogP contribution < -0.4 is 4.90 Å². The van der Waals surface area contributed by atoms with E-state index >= 15 is 0 Å². The zero-order chi connectivity index (χ0) is 18.8. The van der Waals surface area contributed by atoms with Crippen molar-refractivity contribution in [3.05, 3.63) is 65.7 Å². The van der Waals surface area contributed by atoms with Crippen LogP contribution in [0.1, 0.15) is 18.1 Å². The first-order chi connectivity index (χ1) is 12.6. The third kappa shape index (κ3) is 6.17. The Morgan fingerprint density at radius 1 is 1.08 bits per heavy atom. The molecule has 5 heteroatoms. The molecule has 1 unspecified atom stereocenters. The number of likely N-dealkylation sites (N-methyl/N-ethyl adjacent to an activating group) is 1. The molecule has 2 aromatic rings. The highest BCUT2D eigenvalue weighted by molar-refractivity contribution is 5.74. The van der Waals surface area contributed by atoms with E-state index in [0.717, 1.165) is 29.9 Å². The number of nitrogens with zero attached hydrogens (tertiary/aromatic N) is 1. The Morgan fingerprint density at radius 3 is 2.38 bits per heavy atom. The van der Waals surface area contributed by atoms with Gasteiger partial charge in [0.2, 0.25) is 0 Å². The molecule has 1 atom stereocenters. The second-order valence-corrected chi connectivity index (χ2v) is 6.05. The predicted molar refractivity (Wildman–Crippen MR) is 102 cm³/mol. The van der Waals surface area contributed by atoms with Crippen LogP contribution in [0.25, 0.3) is 0 Å². The molecule has 0 aliphatic rings. The second kappa shape index (κ2) is 10.6. The van der Waals surface area contributed by atoms with Crippen molar-refractivity contribution in [3.8, 4) is 0 Å². The Morgan fingerprint density at radius 2 is 1.77 bits per heavy atom. The Bertz CT molecular complexity index is 657. The maximum absolute atomic E-state index is 12.0. The lowest BCUT2D eigenvalue weighted by atomic mass is 10.1. The van der Waals surface area contributed by atoms with Crippen LogP contribution in [0.15, 0.2) is 54.6 Å². The van der Waals surface area contributed by atoms with E-state index < -0.39 is 12.1 Å². The van der Waals surface area contributed by atoms with Gasteiger partial charge in [0.15, 0.2) is 6.10 Å². The van der Waals surface area contributed by atoms with Gasteiger partial charge in [-0.15, -0.1) is 0 Å². The number of esters is 1. The minimum absolute atomic E-state index is 0.167. The number of aliphatic hydroxyl groups excluding tert-OH is 1. The lowest BCUT2D eigenvalue weighted by Gasteiger charge is -2.23. The predicted octanol–water partition coefficient (Wildman–Crippen LogP) is 2.81. The lowest BCUT2D eigenvalue weighted by Crippen LogP contribution is -2.27. The minimum atomic E-state index is -1.17. The molecule has 0 aromatic heterocycles. The van der Waals surface area contributed by atoms with Gasteiger partial charge in [0.25, 0.3) is 0 Å². The summed E-state index contributed by atoms with van der Waals surface area (Å²) in [5.41, 5.74) is 2.88. The van der Waals surface area contributed by atoms with E-state index in [2.05, 4.69) is 11.8 Å². The molecule has 0 aliphatic carbocycles. The molecule has 1 N–H and O–H groups in total. The molecule has 0 aliphatic heterocycles. The van der Waals surface area contributed by atoms with Gasteiger partial charge in [-0.2, -0.15) is 0 Å². The summed E-state index contributed by atoms with van der Waals surface area (Å²) in [4.78, 5) is 14.2. The molecule has 0 saturated heterocycles. The van der Waals surface area contributed by atoms with Crippen LogP contribution in [0.5, 0.6) is 0 Å². The summed E-state index contributed by atoms with van der Waals surface area (Å²) in [6.07, 6.45) is -0.932. The molecule has 26 heavy (non-hydrogen) atoms. The molecule has 0 heterocycles.